The van der Waals surface area contributed by atoms with Gasteiger partial charge in [-0.1, -0.05) is 6.92 Å². The van der Waals surface area contributed by atoms with E-state index in [1.54, 1.807) is 13.8 Å². The van der Waals surface area contributed by atoms with Crippen molar-refractivity contribution in [3.8, 4) is 0 Å². The Balaban J connectivity index is 4.57. The molecule has 1 N–H and O–H groups in total. The number of sulfonamides is 1. The van der Waals surface area contributed by atoms with Crippen molar-refractivity contribution >= 4 is 22.0 Å². The van der Waals surface area contributed by atoms with E-state index in [1.165, 1.54) is 7.11 Å². The average Bonchev–Trinajstić information content (AvgIpc) is 2.27. The van der Waals surface area contributed by atoms with Crippen molar-refractivity contribution in [2.45, 2.75) is 39.2 Å². The van der Waals surface area contributed by atoms with Crippen LogP contribution in [0.3, 0.4) is 0 Å². The fourth-order valence-corrected chi connectivity index (χ4v) is 3.52. The molecule has 0 saturated heterocycles. The van der Waals surface area contributed by atoms with Crippen molar-refractivity contribution in [3.63, 3.8) is 0 Å². The maximum atomic E-state index is 12.0. The first kappa shape index (κ1) is 17.8. The van der Waals surface area contributed by atoms with Gasteiger partial charge in [-0.3, -0.25) is 9.59 Å². The molecule has 0 bridgehead atoms. The molecule has 0 aliphatic rings. The topological polar surface area (TPSA) is 101 Å². The molecule has 1 unspecified atom stereocenters. The number of aliphatic carboxylic acids is 1. The molecule has 19 heavy (non-hydrogen) atoms. The average molecular weight is 295 g/mol. The lowest BCUT2D eigenvalue weighted by molar-refractivity contribution is -0.140. The monoisotopic (exact) mass is 295 g/mol. The van der Waals surface area contributed by atoms with E-state index in [0.717, 1.165) is 4.31 Å². The van der Waals surface area contributed by atoms with Gasteiger partial charge in [0.1, 0.15) is 0 Å². The summed E-state index contributed by atoms with van der Waals surface area (Å²) >= 11 is 0. The van der Waals surface area contributed by atoms with E-state index in [2.05, 4.69) is 4.74 Å². The molecular formula is C11H21NO6S. The number of methoxy groups -OCH3 is 1. The Morgan fingerprint density at radius 2 is 1.95 bits per heavy atom. The fraction of sp³-hybridized carbons (Fsp3) is 0.818. The minimum atomic E-state index is -3.56. The first-order valence-corrected chi connectivity index (χ1v) is 7.63. The summed E-state index contributed by atoms with van der Waals surface area (Å²) in [6.45, 7) is 3.40. The number of nitrogens with zero attached hydrogens (tertiary/aromatic N) is 1. The number of carboxylic acid groups (broad SMARTS) is 1. The number of carbonyl (C=O) groups excluding carboxylic acids is 1. The zero-order valence-electron chi connectivity index (χ0n) is 11.5. The summed E-state index contributed by atoms with van der Waals surface area (Å²) in [6.07, 6.45) is -0.0596. The van der Waals surface area contributed by atoms with Crippen molar-refractivity contribution < 1.29 is 27.9 Å². The largest absolute Gasteiger partial charge is 0.481 e. The highest BCUT2D eigenvalue weighted by atomic mass is 32.2. The van der Waals surface area contributed by atoms with Gasteiger partial charge in [0.25, 0.3) is 0 Å². The van der Waals surface area contributed by atoms with E-state index in [1.807, 2.05) is 0 Å². The van der Waals surface area contributed by atoms with Crippen LogP contribution >= 0.6 is 0 Å². The Labute approximate surface area is 113 Å². The maximum Gasteiger partial charge on any atom is 0.305 e. The van der Waals surface area contributed by atoms with Gasteiger partial charge in [0, 0.05) is 19.0 Å². The number of hydrogen-bond acceptors (Lipinski definition) is 5. The van der Waals surface area contributed by atoms with Crippen molar-refractivity contribution in [2.75, 3.05) is 19.4 Å². The van der Waals surface area contributed by atoms with Crippen LogP contribution in [0.5, 0.6) is 0 Å². The number of esters is 1. The molecule has 0 aromatic heterocycles. The Kier molecular flexibility index (Phi) is 7.62. The highest BCUT2D eigenvalue weighted by molar-refractivity contribution is 7.89. The predicted molar refractivity (Wildman–Crippen MR) is 69.1 cm³/mol. The highest BCUT2D eigenvalue weighted by Crippen LogP contribution is 2.12. The van der Waals surface area contributed by atoms with E-state index in [0.29, 0.717) is 0 Å². The molecule has 0 amide bonds. The van der Waals surface area contributed by atoms with Crippen LogP contribution in [0, 0.1) is 0 Å². The second-order valence-corrected chi connectivity index (χ2v) is 6.19. The third-order valence-electron chi connectivity index (χ3n) is 2.64. The molecule has 0 radical (unpaired) electrons. The Bertz CT molecular complexity index is 405. The number of carbonyl (C=O) groups is 2. The van der Waals surface area contributed by atoms with Gasteiger partial charge in [0.15, 0.2) is 0 Å². The summed E-state index contributed by atoms with van der Waals surface area (Å²) in [5, 5.41) is 8.69. The standard InChI is InChI=1S/C11H21NO6S/c1-4-12(9(2)8-10(13)14)19(16,17)7-5-6-11(15)18-3/h9H,4-8H2,1-3H3,(H,13,14). The molecule has 0 aliphatic carbocycles. The number of hydrogen-bond donors (Lipinski definition) is 1. The Morgan fingerprint density at radius 3 is 2.37 bits per heavy atom. The molecule has 0 spiro atoms. The Morgan fingerprint density at radius 1 is 1.37 bits per heavy atom. The van der Waals surface area contributed by atoms with Crippen LogP contribution in [0.15, 0.2) is 0 Å². The number of rotatable bonds is 9. The van der Waals surface area contributed by atoms with E-state index in [9.17, 15) is 18.0 Å². The van der Waals surface area contributed by atoms with E-state index < -0.39 is 28.0 Å². The minimum Gasteiger partial charge on any atom is -0.481 e. The van der Waals surface area contributed by atoms with Gasteiger partial charge in [0.05, 0.1) is 19.3 Å². The third kappa shape index (κ3) is 6.53. The second kappa shape index (κ2) is 8.11. The van der Waals surface area contributed by atoms with Gasteiger partial charge >= 0.3 is 11.9 Å². The molecule has 0 rings (SSSR count). The molecule has 0 fully saturated rings. The number of ether oxygens (including phenoxy) is 1. The molecule has 0 heterocycles. The van der Waals surface area contributed by atoms with E-state index in [4.69, 9.17) is 5.11 Å². The van der Waals surface area contributed by atoms with Crippen molar-refractivity contribution in [1.82, 2.24) is 4.31 Å². The summed E-state index contributed by atoms with van der Waals surface area (Å²) in [7, 11) is -2.32. The van der Waals surface area contributed by atoms with Crippen LogP contribution in [-0.2, 0) is 24.3 Å². The lowest BCUT2D eigenvalue weighted by Gasteiger charge is -2.26. The fourth-order valence-electron chi connectivity index (χ4n) is 1.76. The molecule has 0 aromatic rings. The molecule has 0 saturated carbocycles. The zero-order valence-corrected chi connectivity index (χ0v) is 12.3. The maximum absolute atomic E-state index is 12.0. The van der Waals surface area contributed by atoms with E-state index >= 15 is 0 Å². The van der Waals surface area contributed by atoms with Crippen LogP contribution in [0.1, 0.15) is 33.1 Å². The second-order valence-electron chi connectivity index (χ2n) is 4.15. The van der Waals surface area contributed by atoms with Crippen molar-refractivity contribution in [3.05, 3.63) is 0 Å². The third-order valence-corrected chi connectivity index (χ3v) is 4.78. The summed E-state index contributed by atoms with van der Waals surface area (Å²) in [5.74, 6) is -1.70. The lowest BCUT2D eigenvalue weighted by atomic mass is 10.2. The lowest BCUT2D eigenvalue weighted by Crippen LogP contribution is -2.41. The zero-order chi connectivity index (χ0) is 15.1. The first-order valence-electron chi connectivity index (χ1n) is 6.02. The Hall–Kier alpha value is -1.15. The van der Waals surface area contributed by atoms with Crippen LogP contribution in [0.2, 0.25) is 0 Å². The summed E-state index contributed by atoms with van der Waals surface area (Å²) < 4.78 is 29.6. The molecule has 0 aliphatic heterocycles. The smallest absolute Gasteiger partial charge is 0.305 e. The summed E-state index contributed by atoms with van der Waals surface area (Å²) in [4.78, 5) is 21.5. The van der Waals surface area contributed by atoms with E-state index in [-0.39, 0.29) is 31.6 Å². The normalized spacial score (nSPS) is 13.3. The number of carboxylic acids is 1. The first-order chi connectivity index (χ1) is 8.74. The molecule has 7 nitrogen and oxygen atoms in total. The predicted octanol–water partition coefficient (Wildman–Crippen LogP) is 0.454. The quantitative estimate of drug-likeness (QED) is 0.620. The molecule has 8 heteroatoms. The molecular weight excluding hydrogens is 274 g/mol. The molecule has 112 valence electrons. The van der Waals surface area contributed by atoms with Gasteiger partial charge in [0.2, 0.25) is 10.0 Å². The van der Waals surface area contributed by atoms with Gasteiger partial charge in [-0.15, -0.1) is 0 Å². The highest BCUT2D eigenvalue weighted by Gasteiger charge is 2.27. The summed E-state index contributed by atoms with van der Waals surface area (Å²) in [5.41, 5.74) is 0. The van der Waals surface area contributed by atoms with Crippen LogP contribution in [0.4, 0.5) is 0 Å². The van der Waals surface area contributed by atoms with Gasteiger partial charge in [-0.25, -0.2) is 8.42 Å². The van der Waals surface area contributed by atoms with Crippen LogP contribution in [-0.4, -0.2) is 55.2 Å². The molecule has 1 atom stereocenters. The summed E-state index contributed by atoms with van der Waals surface area (Å²) in [6, 6.07) is -0.606. The molecule has 0 aromatic carbocycles. The van der Waals surface area contributed by atoms with Gasteiger partial charge < -0.3 is 9.84 Å². The van der Waals surface area contributed by atoms with Gasteiger partial charge in [-0.05, 0) is 13.3 Å². The van der Waals surface area contributed by atoms with Crippen molar-refractivity contribution in [2.24, 2.45) is 0 Å². The van der Waals surface area contributed by atoms with Gasteiger partial charge in [-0.2, -0.15) is 4.31 Å². The van der Waals surface area contributed by atoms with Crippen molar-refractivity contribution in [1.29, 1.82) is 0 Å². The SMILES string of the molecule is CCN(C(C)CC(=O)O)S(=O)(=O)CCCC(=O)OC. The van der Waals surface area contributed by atoms with Crippen LogP contribution in [0.25, 0.3) is 0 Å². The minimum absolute atomic E-state index is 0.0284. The van der Waals surface area contributed by atoms with Crippen LogP contribution < -0.4 is 0 Å².